The molecule has 0 bridgehead atoms. The Hall–Kier alpha value is -4.28. The third kappa shape index (κ3) is 6.31. The average Bonchev–Trinajstić information content (AvgIpc) is 2.95. The molecule has 3 rings (SSSR count). The number of amides is 3. The van der Waals surface area contributed by atoms with Crippen molar-refractivity contribution in [1.29, 1.82) is 0 Å². The molecule has 0 spiro atoms. The van der Waals surface area contributed by atoms with Gasteiger partial charge in [0.05, 0.1) is 18.6 Å². The molecule has 0 aromatic heterocycles. The second-order valence-electron chi connectivity index (χ2n) is 13.4. The Kier molecular flexibility index (Phi) is 10.6. The van der Waals surface area contributed by atoms with Crippen LogP contribution in [0.25, 0.3) is 0 Å². The van der Waals surface area contributed by atoms with Gasteiger partial charge in [0, 0.05) is 41.0 Å². The maximum Gasteiger partial charge on any atom is 0.360 e. The van der Waals surface area contributed by atoms with Gasteiger partial charge in [-0.15, -0.1) is 0 Å². The van der Waals surface area contributed by atoms with Crippen LogP contribution in [0.2, 0.25) is 0 Å². The van der Waals surface area contributed by atoms with Crippen LogP contribution < -0.4 is 5.32 Å². The van der Waals surface area contributed by atoms with Crippen LogP contribution in [0.5, 0.6) is 0 Å². The summed E-state index contributed by atoms with van der Waals surface area (Å²) < 4.78 is 38.8. The maximum atomic E-state index is 14.1. The molecule has 268 valence electrons. The molecule has 8 atom stereocenters. The van der Waals surface area contributed by atoms with Gasteiger partial charge in [0.2, 0.25) is 11.6 Å². The smallest absolute Gasteiger partial charge is 0.360 e. The molecule has 0 unspecified atom stereocenters. The molecule has 3 aliphatic rings. The van der Waals surface area contributed by atoms with E-state index in [1.54, 1.807) is 20.8 Å². The van der Waals surface area contributed by atoms with Crippen molar-refractivity contribution in [3.05, 3.63) is 0 Å². The third-order valence-corrected chi connectivity index (χ3v) is 10.1. The van der Waals surface area contributed by atoms with E-state index < -0.39 is 119 Å². The number of methoxy groups -OCH3 is 1. The zero-order valence-electron chi connectivity index (χ0n) is 28.9. The van der Waals surface area contributed by atoms with E-state index in [2.05, 4.69) is 5.32 Å². The Morgan fingerprint density at radius 3 is 1.90 bits per heavy atom. The van der Waals surface area contributed by atoms with Gasteiger partial charge in [-0.3, -0.25) is 39.0 Å². The molecule has 48 heavy (non-hydrogen) atoms. The predicted octanol–water partition coefficient (Wildman–Crippen LogP) is 0.927. The quantitative estimate of drug-likeness (QED) is 0.250. The minimum Gasteiger partial charge on any atom is -0.465 e. The lowest BCUT2D eigenvalue weighted by atomic mass is 9.35. The van der Waals surface area contributed by atoms with E-state index in [1.165, 1.54) is 0 Å². The van der Waals surface area contributed by atoms with Crippen molar-refractivity contribution in [2.45, 2.75) is 118 Å². The van der Waals surface area contributed by atoms with Crippen molar-refractivity contribution in [2.75, 3.05) is 13.7 Å². The third-order valence-electron chi connectivity index (χ3n) is 10.1. The van der Waals surface area contributed by atoms with Gasteiger partial charge in [0.15, 0.2) is 18.3 Å². The Balaban J connectivity index is 2.39. The SMILES string of the molecule is COC(=O)[C@@]1(N2C(=O)NC(=O)[C@]3(C)[C@H]2C(C)(C)C3(C)C)C[C@H](OC(C)=O)[C@@H](OC(C)=O)[C@H]([C@@H](OC(C)=O)[C@@H](COC(C)=O)OC(C)=O)O1. The number of carbonyl (C=O) groups is 8. The lowest BCUT2D eigenvalue weighted by Crippen LogP contribution is -2.88. The van der Waals surface area contributed by atoms with Crippen LogP contribution in [0, 0.1) is 16.2 Å². The summed E-state index contributed by atoms with van der Waals surface area (Å²) in [6, 6.07) is -2.09. The second kappa shape index (κ2) is 13.3. The number of esters is 6. The highest BCUT2D eigenvalue weighted by Crippen LogP contribution is 2.71. The van der Waals surface area contributed by atoms with Gasteiger partial charge in [0.25, 0.3) is 0 Å². The van der Waals surface area contributed by atoms with E-state index >= 15 is 0 Å². The fraction of sp³-hybridized carbons (Fsp3) is 0.742. The Morgan fingerprint density at radius 1 is 0.854 bits per heavy atom. The predicted molar refractivity (Wildman–Crippen MR) is 158 cm³/mol. The summed E-state index contributed by atoms with van der Waals surface area (Å²) in [5, 5.41) is 2.31. The number of carbonyl (C=O) groups excluding carboxylic acids is 8. The lowest BCUT2D eigenvalue weighted by molar-refractivity contribution is -0.324. The molecule has 2 aliphatic heterocycles. The lowest BCUT2D eigenvalue weighted by Gasteiger charge is -2.75. The van der Waals surface area contributed by atoms with Crippen molar-refractivity contribution < 1.29 is 71.5 Å². The average molecular weight is 685 g/mol. The number of nitrogens with zero attached hydrogens (tertiary/aromatic N) is 1. The van der Waals surface area contributed by atoms with Gasteiger partial charge >= 0.3 is 41.8 Å². The minimum absolute atomic E-state index is 0.603. The van der Waals surface area contributed by atoms with Crippen LogP contribution in [0.1, 0.15) is 75.7 Å². The first-order valence-electron chi connectivity index (χ1n) is 15.2. The fourth-order valence-electron chi connectivity index (χ4n) is 7.31. The minimum atomic E-state index is -2.55. The zero-order chi connectivity index (χ0) is 36.7. The van der Waals surface area contributed by atoms with Crippen molar-refractivity contribution in [3.63, 3.8) is 0 Å². The molecule has 0 aromatic rings. The second-order valence-corrected chi connectivity index (χ2v) is 13.4. The van der Waals surface area contributed by atoms with Crippen LogP contribution in [-0.2, 0) is 66.7 Å². The molecule has 17 nitrogen and oxygen atoms in total. The van der Waals surface area contributed by atoms with Gasteiger partial charge in [-0.05, 0) is 17.8 Å². The van der Waals surface area contributed by atoms with Crippen LogP contribution in [-0.4, -0.2) is 109 Å². The molecule has 2 saturated heterocycles. The summed E-state index contributed by atoms with van der Waals surface area (Å²) in [7, 11) is 1.01. The summed E-state index contributed by atoms with van der Waals surface area (Å²) >= 11 is 0. The molecule has 0 radical (unpaired) electrons. The van der Waals surface area contributed by atoms with Gasteiger partial charge in [-0.1, -0.05) is 27.7 Å². The number of hydrogen-bond acceptors (Lipinski definition) is 15. The van der Waals surface area contributed by atoms with Gasteiger partial charge < -0.3 is 33.2 Å². The Labute approximate surface area is 277 Å². The first kappa shape index (κ1) is 38.2. The molecule has 3 fully saturated rings. The normalized spacial score (nSPS) is 31.4. The van der Waals surface area contributed by atoms with Crippen LogP contribution >= 0.6 is 0 Å². The summed E-state index contributed by atoms with van der Waals surface area (Å²) in [6.45, 7) is 13.3. The largest absolute Gasteiger partial charge is 0.465 e. The zero-order valence-corrected chi connectivity index (χ0v) is 28.9. The molecule has 1 saturated carbocycles. The Morgan fingerprint density at radius 2 is 1.42 bits per heavy atom. The highest BCUT2D eigenvalue weighted by atomic mass is 16.7. The van der Waals surface area contributed by atoms with E-state index in [-0.39, 0.29) is 0 Å². The van der Waals surface area contributed by atoms with Crippen LogP contribution in [0.4, 0.5) is 4.79 Å². The van der Waals surface area contributed by atoms with Crippen LogP contribution in [0.15, 0.2) is 0 Å². The molecule has 1 aliphatic carbocycles. The highest BCUT2D eigenvalue weighted by Gasteiger charge is 2.80. The van der Waals surface area contributed by atoms with Crippen molar-refractivity contribution in [3.8, 4) is 0 Å². The number of hydrogen-bond donors (Lipinski definition) is 1. The van der Waals surface area contributed by atoms with Gasteiger partial charge in [0.1, 0.15) is 18.8 Å². The van der Waals surface area contributed by atoms with E-state index in [4.69, 9.17) is 33.2 Å². The van der Waals surface area contributed by atoms with Gasteiger partial charge in [-0.25, -0.2) is 9.59 Å². The van der Waals surface area contributed by atoms with E-state index in [1.807, 2.05) is 13.8 Å². The summed E-state index contributed by atoms with van der Waals surface area (Å²) in [4.78, 5) is 104. The van der Waals surface area contributed by atoms with E-state index in [0.29, 0.717) is 0 Å². The molecule has 2 heterocycles. The Bertz CT molecular complexity index is 1390. The van der Waals surface area contributed by atoms with Crippen molar-refractivity contribution >= 4 is 47.8 Å². The van der Waals surface area contributed by atoms with Crippen LogP contribution in [0.3, 0.4) is 0 Å². The number of urea groups is 1. The molecule has 3 amide bonds. The summed E-state index contributed by atoms with van der Waals surface area (Å²) in [5.74, 6) is -6.30. The maximum absolute atomic E-state index is 14.1. The highest BCUT2D eigenvalue weighted by molar-refractivity contribution is 6.04. The molecule has 0 aromatic carbocycles. The molecule has 17 heteroatoms. The fourth-order valence-corrected chi connectivity index (χ4v) is 7.31. The number of fused-ring (bicyclic) bond motifs is 1. The van der Waals surface area contributed by atoms with E-state index in [0.717, 1.165) is 46.6 Å². The number of nitrogens with one attached hydrogen (secondary N) is 1. The molecular formula is C31H44N2O15. The molecule has 1 N–H and O–H groups in total. The van der Waals surface area contributed by atoms with E-state index in [9.17, 15) is 38.4 Å². The molecular weight excluding hydrogens is 640 g/mol. The number of rotatable bonds is 10. The van der Waals surface area contributed by atoms with Crippen molar-refractivity contribution in [2.24, 2.45) is 16.2 Å². The first-order valence-corrected chi connectivity index (χ1v) is 15.2. The number of imide groups is 1. The monoisotopic (exact) mass is 684 g/mol. The summed E-state index contributed by atoms with van der Waals surface area (Å²) in [6.07, 6.45) is -9.30. The van der Waals surface area contributed by atoms with Crippen molar-refractivity contribution in [1.82, 2.24) is 10.2 Å². The first-order chi connectivity index (χ1) is 22.0. The topological polar surface area (TPSA) is 216 Å². The summed E-state index contributed by atoms with van der Waals surface area (Å²) in [5.41, 5.74) is -5.50. The number of ether oxygens (including phenoxy) is 7. The van der Waals surface area contributed by atoms with Gasteiger partial charge in [-0.2, -0.15) is 0 Å². The standard InChI is InChI=1S/C31H44N2O15/c1-14(34)43-13-20(45-16(3)36)22(47-18(5)38)23-21(46-17(4)37)19(44-15(2)35)12-31(48-23,26(40)42-11)33-24-28(6,7)29(8,9)30(24,10)25(39)32-27(33)41/h19-24H,12-13H2,1-11H3,(H,32,39,41)/t19-,20+,21+,22-,23+,24+,30-,31+/m0/s1.